The first-order valence-corrected chi connectivity index (χ1v) is 5.71. The number of methoxy groups -OCH3 is 1. The van der Waals surface area contributed by atoms with Gasteiger partial charge in [0.05, 0.1) is 17.8 Å². The van der Waals surface area contributed by atoms with Gasteiger partial charge in [-0.25, -0.2) is 4.79 Å². The molecule has 96 valence electrons. The fourth-order valence-electron chi connectivity index (χ4n) is 1.39. The number of benzene rings is 1. The number of carbonyl (C=O) groups excluding carboxylic acids is 2. The molecule has 1 amide bonds. The van der Waals surface area contributed by atoms with E-state index in [2.05, 4.69) is 4.74 Å². The molecule has 0 aliphatic carbocycles. The predicted octanol–water partition coefficient (Wildman–Crippen LogP) is 2.42. The highest BCUT2D eigenvalue weighted by atomic mass is 35.5. The van der Waals surface area contributed by atoms with Crippen molar-refractivity contribution >= 4 is 29.2 Å². The fourth-order valence-corrected chi connectivity index (χ4v) is 1.63. The molecular weight excluding hydrogens is 254 g/mol. The van der Waals surface area contributed by atoms with Crippen molar-refractivity contribution in [2.24, 2.45) is 0 Å². The van der Waals surface area contributed by atoms with Gasteiger partial charge in [-0.05, 0) is 12.1 Å². The second-order valence-corrected chi connectivity index (χ2v) is 3.91. The number of ether oxygens (including phenoxy) is 1. The molecule has 1 aromatic carbocycles. The Bertz CT molecular complexity index is 471. The van der Waals surface area contributed by atoms with Crippen molar-refractivity contribution < 1.29 is 14.3 Å². The van der Waals surface area contributed by atoms with Gasteiger partial charge in [-0.1, -0.05) is 29.8 Å². The van der Waals surface area contributed by atoms with Crippen LogP contribution in [0, 0.1) is 0 Å². The molecule has 0 heterocycles. The number of halogens is 1. The fraction of sp³-hybridized carbons (Fsp3) is 0.231. The van der Waals surface area contributed by atoms with Gasteiger partial charge in [-0.2, -0.15) is 0 Å². The summed E-state index contributed by atoms with van der Waals surface area (Å²) in [6.07, 6.45) is 2.82. The first-order valence-electron chi connectivity index (χ1n) is 5.33. The summed E-state index contributed by atoms with van der Waals surface area (Å²) in [5.41, 5.74) is 0.612. The Hall–Kier alpha value is -1.81. The normalized spacial score (nSPS) is 10.4. The van der Waals surface area contributed by atoms with Crippen molar-refractivity contribution in [1.29, 1.82) is 0 Å². The zero-order valence-electron chi connectivity index (χ0n) is 10.2. The molecule has 0 spiro atoms. The molecule has 0 radical (unpaired) electrons. The van der Waals surface area contributed by atoms with Crippen molar-refractivity contribution in [2.75, 3.05) is 18.6 Å². The van der Waals surface area contributed by atoms with Crippen molar-refractivity contribution in [3.05, 3.63) is 41.4 Å². The Labute approximate surface area is 111 Å². The van der Waals surface area contributed by atoms with Crippen LogP contribution in [0.3, 0.4) is 0 Å². The summed E-state index contributed by atoms with van der Waals surface area (Å²) in [7, 11) is 1.30. The van der Waals surface area contributed by atoms with Crippen molar-refractivity contribution in [1.82, 2.24) is 0 Å². The topological polar surface area (TPSA) is 46.6 Å². The van der Waals surface area contributed by atoms with Crippen LogP contribution < -0.4 is 4.90 Å². The third-order valence-electron chi connectivity index (χ3n) is 2.27. The summed E-state index contributed by atoms with van der Waals surface area (Å²) in [4.78, 5) is 24.0. The Balaban J connectivity index is 2.85. The van der Waals surface area contributed by atoms with Crippen LogP contribution in [0.1, 0.15) is 6.92 Å². The average molecular weight is 268 g/mol. The van der Waals surface area contributed by atoms with E-state index < -0.39 is 5.97 Å². The number of hydrogen-bond acceptors (Lipinski definition) is 3. The van der Waals surface area contributed by atoms with E-state index in [9.17, 15) is 9.59 Å². The van der Waals surface area contributed by atoms with Crippen LogP contribution in [0.15, 0.2) is 36.4 Å². The van der Waals surface area contributed by atoms with Gasteiger partial charge in [-0.3, -0.25) is 4.79 Å². The van der Waals surface area contributed by atoms with Gasteiger partial charge in [0.1, 0.15) is 0 Å². The second-order valence-electron chi connectivity index (χ2n) is 3.51. The van der Waals surface area contributed by atoms with Crippen LogP contribution in [0.25, 0.3) is 0 Å². The minimum Gasteiger partial charge on any atom is -0.466 e. The molecule has 0 fully saturated rings. The van der Waals surface area contributed by atoms with Crippen LogP contribution >= 0.6 is 11.6 Å². The minimum absolute atomic E-state index is 0.155. The maximum absolute atomic E-state index is 11.6. The molecule has 0 aliphatic rings. The molecule has 0 aromatic heterocycles. The Morgan fingerprint density at radius 2 is 2.06 bits per heavy atom. The van der Waals surface area contributed by atoms with E-state index in [4.69, 9.17) is 11.6 Å². The van der Waals surface area contributed by atoms with Crippen molar-refractivity contribution in [3.63, 3.8) is 0 Å². The number of carbonyl (C=O) groups is 2. The smallest absolute Gasteiger partial charge is 0.330 e. The molecule has 0 saturated heterocycles. The van der Waals surface area contributed by atoms with Crippen molar-refractivity contribution in [3.8, 4) is 0 Å². The zero-order valence-corrected chi connectivity index (χ0v) is 11.0. The number of hydrogen-bond donors (Lipinski definition) is 0. The predicted molar refractivity (Wildman–Crippen MR) is 70.6 cm³/mol. The van der Waals surface area contributed by atoms with Crippen LogP contribution in [0.4, 0.5) is 5.69 Å². The molecule has 0 unspecified atom stereocenters. The summed E-state index contributed by atoms with van der Waals surface area (Å²) in [5, 5.41) is 0.485. The number of esters is 1. The highest BCUT2D eigenvalue weighted by Gasteiger charge is 2.12. The summed E-state index contributed by atoms with van der Waals surface area (Å²) in [5.74, 6) is -0.615. The largest absolute Gasteiger partial charge is 0.466 e. The Morgan fingerprint density at radius 3 is 2.61 bits per heavy atom. The SMILES string of the molecule is COC(=O)/C=C/CN(C(C)=O)c1ccccc1Cl. The number of nitrogens with zero attached hydrogens (tertiary/aromatic N) is 1. The van der Waals surface area contributed by atoms with E-state index in [0.29, 0.717) is 10.7 Å². The van der Waals surface area contributed by atoms with E-state index in [0.717, 1.165) is 0 Å². The third-order valence-corrected chi connectivity index (χ3v) is 2.59. The average Bonchev–Trinajstić information content (AvgIpc) is 2.35. The molecule has 0 bridgehead atoms. The minimum atomic E-state index is -0.460. The lowest BCUT2D eigenvalue weighted by atomic mass is 10.2. The molecule has 18 heavy (non-hydrogen) atoms. The number of anilines is 1. The van der Waals surface area contributed by atoms with Crippen LogP contribution in [-0.2, 0) is 14.3 Å². The highest BCUT2D eigenvalue weighted by Crippen LogP contribution is 2.25. The molecule has 1 rings (SSSR count). The summed E-state index contributed by atoms with van der Waals surface area (Å²) < 4.78 is 4.47. The highest BCUT2D eigenvalue weighted by molar-refractivity contribution is 6.33. The third kappa shape index (κ3) is 3.89. The van der Waals surface area contributed by atoms with E-state index in [1.807, 2.05) is 0 Å². The van der Waals surface area contributed by atoms with Gasteiger partial charge < -0.3 is 9.64 Å². The van der Waals surface area contributed by atoms with Gasteiger partial charge in [0.2, 0.25) is 5.91 Å². The maximum Gasteiger partial charge on any atom is 0.330 e. The van der Waals surface area contributed by atoms with Crippen LogP contribution in [0.5, 0.6) is 0 Å². The lowest BCUT2D eigenvalue weighted by Gasteiger charge is -2.20. The molecule has 1 aromatic rings. The Kier molecular flexibility index (Phi) is 5.39. The number of amides is 1. The molecule has 0 N–H and O–H groups in total. The quantitative estimate of drug-likeness (QED) is 0.622. The van der Waals surface area contributed by atoms with E-state index in [1.54, 1.807) is 30.3 Å². The molecule has 0 aliphatic heterocycles. The van der Waals surface area contributed by atoms with Crippen LogP contribution in [0.2, 0.25) is 5.02 Å². The van der Waals surface area contributed by atoms with E-state index >= 15 is 0 Å². The monoisotopic (exact) mass is 267 g/mol. The van der Waals surface area contributed by atoms with E-state index in [1.165, 1.54) is 25.0 Å². The Morgan fingerprint density at radius 1 is 1.39 bits per heavy atom. The number of rotatable bonds is 4. The lowest BCUT2D eigenvalue weighted by Crippen LogP contribution is -2.28. The molecule has 5 heteroatoms. The molecule has 0 atom stereocenters. The second kappa shape index (κ2) is 6.81. The van der Waals surface area contributed by atoms with Crippen LogP contribution in [-0.4, -0.2) is 25.5 Å². The van der Waals surface area contributed by atoms with Crippen molar-refractivity contribution in [2.45, 2.75) is 6.92 Å². The standard InChI is InChI=1S/C13H14ClNO3/c1-10(16)15(9-5-8-13(17)18-2)12-7-4-3-6-11(12)14/h3-8H,9H2,1-2H3/b8-5+. The summed E-state index contributed by atoms with van der Waals surface area (Å²) >= 11 is 6.02. The van der Waals surface area contributed by atoms with Gasteiger partial charge in [-0.15, -0.1) is 0 Å². The summed E-state index contributed by atoms with van der Waals surface area (Å²) in [6.45, 7) is 1.70. The van der Waals surface area contributed by atoms with Gasteiger partial charge in [0.25, 0.3) is 0 Å². The van der Waals surface area contributed by atoms with E-state index in [-0.39, 0.29) is 12.5 Å². The molecule has 4 nitrogen and oxygen atoms in total. The summed E-state index contributed by atoms with van der Waals surface area (Å²) in [6, 6.07) is 7.03. The number of para-hydroxylation sites is 1. The first-order chi connectivity index (χ1) is 8.56. The van der Waals surface area contributed by atoms with Gasteiger partial charge in [0.15, 0.2) is 0 Å². The van der Waals surface area contributed by atoms with Gasteiger partial charge >= 0.3 is 5.97 Å². The lowest BCUT2D eigenvalue weighted by molar-refractivity contribution is -0.134. The van der Waals surface area contributed by atoms with Gasteiger partial charge in [0, 0.05) is 19.5 Å². The maximum atomic E-state index is 11.6. The zero-order chi connectivity index (χ0) is 13.5. The molecular formula is C13H14ClNO3. The first kappa shape index (κ1) is 14.3. The molecule has 0 saturated carbocycles.